The lowest BCUT2D eigenvalue weighted by Gasteiger charge is -2.08. The van der Waals surface area contributed by atoms with Gasteiger partial charge in [0.15, 0.2) is 0 Å². The van der Waals surface area contributed by atoms with Gasteiger partial charge in [0, 0.05) is 23.3 Å². The number of aromatic amines is 1. The number of carbonyl (C=O) groups excluding carboxylic acids is 2. The Balaban J connectivity index is 2.19. The normalized spacial score (nSPS) is 10.2. The predicted molar refractivity (Wildman–Crippen MR) is 77.1 cm³/mol. The predicted octanol–water partition coefficient (Wildman–Crippen LogP) is 3.13. The van der Waals surface area contributed by atoms with Crippen LogP contribution in [0.15, 0.2) is 34.9 Å². The molecule has 0 radical (unpaired) electrons. The molecule has 5 nitrogen and oxygen atoms in total. The van der Waals surface area contributed by atoms with Gasteiger partial charge in [0.25, 0.3) is 5.91 Å². The van der Waals surface area contributed by atoms with E-state index in [1.807, 2.05) is 0 Å². The second-order valence-electron chi connectivity index (χ2n) is 4.06. The van der Waals surface area contributed by atoms with Crippen molar-refractivity contribution in [3.05, 3.63) is 46.4 Å². The number of rotatable bonds is 3. The van der Waals surface area contributed by atoms with Crippen LogP contribution in [0.4, 0.5) is 15.8 Å². The Morgan fingerprint density at radius 1 is 1.25 bits per heavy atom. The average Bonchev–Trinajstić information content (AvgIpc) is 2.79. The maximum absolute atomic E-state index is 13.6. The van der Waals surface area contributed by atoms with E-state index in [1.165, 1.54) is 25.1 Å². The minimum Gasteiger partial charge on any atom is -0.356 e. The van der Waals surface area contributed by atoms with Gasteiger partial charge in [-0.25, -0.2) is 4.39 Å². The summed E-state index contributed by atoms with van der Waals surface area (Å²) in [6, 6.07) is 5.51. The van der Waals surface area contributed by atoms with Crippen LogP contribution in [0.2, 0.25) is 0 Å². The number of halogens is 2. The Kier molecular flexibility index (Phi) is 4.19. The maximum atomic E-state index is 13.6. The standard InChI is InChI=1S/C13H11BrFN3O2/c1-7(19)17-9-2-3-10(15)11(5-9)18-13(20)12-4-8(14)6-16-12/h2-6,16H,1H3,(H,17,19)(H,18,20). The zero-order chi connectivity index (χ0) is 14.7. The molecule has 0 aliphatic carbocycles. The summed E-state index contributed by atoms with van der Waals surface area (Å²) in [6.07, 6.45) is 1.60. The molecule has 0 atom stereocenters. The van der Waals surface area contributed by atoms with Crippen molar-refractivity contribution >= 4 is 39.1 Å². The summed E-state index contributed by atoms with van der Waals surface area (Å²) in [5.41, 5.74) is 0.690. The van der Waals surface area contributed by atoms with Crippen molar-refractivity contribution in [3.8, 4) is 0 Å². The van der Waals surface area contributed by atoms with Crippen LogP contribution in [-0.4, -0.2) is 16.8 Å². The van der Waals surface area contributed by atoms with Gasteiger partial charge in [-0.3, -0.25) is 9.59 Å². The van der Waals surface area contributed by atoms with Crippen LogP contribution >= 0.6 is 15.9 Å². The summed E-state index contributed by atoms with van der Waals surface area (Å²) in [5.74, 6) is -1.34. The molecule has 2 amide bonds. The minimum absolute atomic E-state index is 0.00743. The molecule has 1 aromatic carbocycles. The minimum atomic E-state index is -0.585. The van der Waals surface area contributed by atoms with Crippen LogP contribution in [0.5, 0.6) is 0 Å². The molecule has 0 aliphatic rings. The summed E-state index contributed by atoms with van der Waals surface area (Å²) in [4.78, 5) is 25.6. The Morgan fingerprint density at radius 3 is 2.60 bits per heavy atom. The number of hydrogen-bond donors (Lipinski definition) is 3. The van der Waals surface area contributed by atoms with Crippen LogP contribution in [0, 0.1) is 5.82 Å². The van der Waals surface area contributed by atoms with Crippen molar-refractivity contribution in [1.82, 2.24) is 4.98 Å². The molecule has 20 heavy (non-hydrogen) atoms. The second kappa shape index (κ2) is 5.87. The highest BCUT2D eigenvalue weighted by molar-refractivity contribution is 9.10. The first kappa shape index (κ1) is 14.3. The third-order valence-electron chi connectivity index (χ3n) is 2.43. The molecule has 0 fully saturated rings. The molecule has 0 spiro atoms. The number of H-pyrrole nitrogens is 1. The quantitative estimate of drug-likeness (QED) is 0.803. The largest absolute Gasteiger partial charge is 0.356 e. The molecular formula is C13H11BrFN3O2. The van der Waals surface area contributed by atoms with Gasteiger partial charge in [-0.2, -0.15) is 0 Å². The van der Waals surface area contributed by atoms with E-state index in [9.17, 15) is 14.0 Å². The maximum Gasteiger partial charge on any atom is 0.272 e. The van der Waals surface area contributed by atoms with E-state index in [0.717, 1.165) is 4.47 Å². The lowest BCUT2D eigenvalue weighted by molar-refractivity contribution is -0.114. The zero-order valence-corrected chi connectivity index (χ0v) is 12.0. The third kappa shape index (κ3) is 3.45. The topological polar surface area (TPSA) is 74.0 Å². The molecule has 1 aromatic heterocycles. The molecule has 1 heterocycles. The molecule has 7 heteroatoms. The van der Waals surface area contributed by atoms with E-state index >= 15 is 0 Å². The zero-order valence-electron chi connectivity index (χ0n) is 10.5. The number of carbonyl (C=O) groups is 2. The van der Waals surface area contributed by atoms with Crippen molar-refractivity contribution < 1.29 is 14.0 Å². The Hall–Kier alpha value is -2.15. The molecular weight excluding hydrogens is 329 g/mol. The van der Waals surface area contributed by atoms with Gasteiger partial charge >= 0.3 is 0 Å². The van der Waals surface area contributed by atoms with Crippen molar-refractivity contribution in [2.24, 2.45) is 0 Å². The fraction of sp³-hybridized carbons (Fsp3) is 0.0769. The van der Waals surface area contributed by atoms with E-state index in [4.69, 9.17) is 0 Å². The lowest BCUT2D eigenvalue weighted by Crippen LogP contribution is -2.14. The average molecular weight is 340 g/mol. The molecule has 0 aliphatic heterocycles. The van der Waals surface area contributed by atoms with Crippen LogP contribution in [0.25, 0.3) is 0 Å². The monoisotopic (exact) mass is 339 g/mol. The van der Waals surface area contributed by atoms with Gasteiger partial charge in [-0.05, 0) is 40.2 Å². The molecule has 104 valence electrons. The number of amides is 2. The van der Waals surface area contributed by atoms with Gasteiger partial charge < -0.3 is 15.6 Å². The molecule has 2 aromatic rings. The summed E-state index contributed by atoms with van der Waals surface area (Å²) in [7, 11) is 0. The number of aromatic nitrogens is 1. The van der Waals surface area contributed by atoms with Gasteiger partial charge in [0.2, 0.25) is 5.91 Å². The SMILES string of the molecule is CC(=O)Nc1ccc(F)c(NC(=O)c2cc(Br)c[nH]2)c1. The molecule has 3 N–H and O–H groups in total. The van der Waals surface area contributed by atoms with Crippen LogP contribution < -0.4 is 10.6 Å². The van der Waals surface area contributed by atoms with Crippen molar-refractivity contribution in [2.45, 2.75) is 6.92 Å². The highest BCUT2D eigenvalue weighted by Gasteiger charge is 2.12. The van der Waals surface area contributed by atoms with Gasteiger partial charge in [0.1, 0.15) is 11.5 Å². The van der Waals surface area contributed by atoms with E-state index in [1.54, 1.807) is 12.3 Å². The van der Waals surface area contributed by atoms with Gasteiger partial charge in [-0.1, -0.05) is 0 Å². The van der Waals surface area contributed by atoms with Gasteiger partial charge in [0.05, 0.1) is 5.69 Å². The molecule has 0 saturated heterocycles. The van der Waals surface area contributed by atoms with Crippen molar-refractivity contribution in [3.63, 3.8) is 0 Å². The smallest absolute Gasteiger partial charge is 0.272 e. The second-order valence-corrected chi connectivity index (χ2v) is 4.98. The van der Waals surface area contributed by atoms with Crippen molar-refractivity contribution in [1.29, 1.82) is 0 Å². The van der Waals surface area contributed by atoms with Gasteiger partial charge in [-0.15, -0.1) is 0 Å². The molecule has 2 rings (SSSR count). The van der Waals surface area contributed by atoms with Crippen LogP contribution in [-0.2, 0) is 4.79 Å². The van der Waals surface area contributed by atoms with E-state index in [2.05, 4.69) is 31.5 Å². The first-order valence-electron chi connectivity index (χ1n) is 5.68. The van der Waals surface area contributed by atoms with E-state index < -0.39 is 11.7 Å². The molecule has 0 saturated carbocycles. The van der Waals surface area contributed by atoms with E-state index in [-0.39, 0.29) is 11.6 Å². The van der Waals surface area contributed by atoms with E-state index in [0.29, 0.717) is 11.4 Å². The fourth-order valence-corrected chi connectivity index (χ4v) is 1.93. The van der Waals surface area contributed by atoms with Crippen molar-refractivity contribution in [2.75, 3.05) is 10.6 Å². The summed E-state index contributed by atoms with van der Waals surface area (Å²) in [6.45, 7) is 1.35. The fourth-order valence-electron chi connectivity index (χ4n) is 1.59. The first-order valence-corrected chi connectivity index (χ1v) is 6.47. The highest BCUT2D eigenvalue weighted by Crippen LogP contribution is 2.21. The molecule has 0 unspecified atom stereocenters. The summed E-state index contributed by atoms with van der Waals surface area (Å²) >= 11 is 3.21. The Bertz CT molecular complexity index is 669. The summed E-state index contributed by atoms with van der Waals surface area (Å²) in [5, 5.41) is 4.95. The Morgan fingerprint density at radius 2 is 2.00 bits per heavy atom. The number of benzene rings is 1. The van der Waals surface area contributed by atoms with Crippen LogP contribution in [0.1, 0.15) is 17.4 Å². The number of anilines is 2. The lowest BCUT2D eigenvalue weighted by atomic mass is 10.2. The summed E-state index contributed by atoms with van der Waals surface area (Å²) < 4.78 is 14.4. The Labute approximate surface area is 122 Å². The first-order chi connectivity index (χ1) is 9.45. The number of hydrogen-bond acceptors (Lipinski definition) is 2. The number of nitrogens with one attached hydrogen (secondary N) is 3. The highest BCUT2D eigenvalue weighted by atomic mass is 79.9. The molecule has 0 bridgehead atoms. The van der Waals surface area contributed by atoms with Crippen LogP contribution in [0.3, 0.4) is 0 Å². The third-order valence-corrected chi connectivity index (χ3v) is 2.89.